The molecular formula is C12H16O. The van der Waals surface area contributed by atoms with E-state index in [1.807, 2.05) is 13.0 Å². The Balaban J connectivity index is 3.01. The van der Waals surface area contributed by atoms with Gasteiger partial charge in [0, 0.05) is 5.92 Å². The summed E-state index contributed by atoms with van der Waals surface area (Å²) in [7, 11) is 0. The van der Waals surface area contributed by atoms with Crippen LogP contribution in [0.15, 0.2) is 18.2 Å². The lowest BCUT2D eigenvalue weighted by molar-refractivity contribution is -0.109. The molecule has 0 fully saturated rings. The van der Waals surface area contributed by atoms with Crippen LogP contribution in [0, 0.1) is 13.8 Å². The third-order valence-corrected chi connectivity index (χ3v) is 2.56. The van der Waals surface area contributed by atoms with E-state index in [-0.39, 0.29) is 5.92 Å². The Kier molecular flexibility index (Phi) is 3.24. The fourth-order valence-electron chi connectivity index (χ4n) is 1.41. The van der Waals surface area contributed by atoms with Gasteiger partial charge in [-0.25, -0.2) is 0 Å². The summed E-state index contributed by atoms with van der Waals surface area (Å²) in [5.74, 6) is 0.0688. The first-order valence-electron chi connectivity index (χ1n) is 4.71. The van der Waals surface area contributed by atoms with Crippen molar-refractivity contribution < 1.29 is 4.79 Å². The Morgan fingerprint density at radius 1 is 1.31 bits per heavy atom. The number of aryl methyl sites for hydroxylation is 2. The maximum absolute atomic E-state index is 10.7. The summed E-state index contributed by atoms with van der Waals surface area (Å²) in [5.41, 5.74) is 3.68. The predicted molar refractivity (Wildman–Crippen MR) is 55.0 cm³/mol. The van der Waals surface area contributed by atoms with Crippen molar-refractivity contribution in [3.8, 4) is 0 Å². The van der Waals surface area contributed by atoms with E-state index < -0.39 is 0 Å². The molecular weight excluding hydrogens is 160 g/mol. The molecule has 70 valence electrons. The zero-order valence-electron chi connectivity index (χ0n) is 8.50. The Labute approximate surface area is 79.8 Å². The molecule has 0 radical (unpaired) electrons. The van der Waals surface area contributed by atoms with Crippen LogP contribution in [0.5, 0.6) is 0 Å². The Hall–Kier alpha value is -1.11. The van der Waals surface area contributed by atoms with Crippen LogP contribution in [0.1, 0.15) is 36.0 Å². The SMILES string of the molecule is CCC(C=O)c1ccc(C)c(C)c1. The third-order valence-electron chi connectivity index (χ3n) is 2.56. The molecule has 0 saturated carbocycles. The first kappa shape index (κ1) is 9.97. The lowest BCUT2D eigenvalue weighted by Gasteiger charge is -2.09. The molecule has 0 heterocycles. The van der Waals surface area contributed by atoms with E-state index in [4.69, 9.17) is 0 Å². The van der Waals surface area contributed by atoms with E-state index in [9.17, 15) is 4.79 Å². The minimum Gasteiger partial charge on any atom is -0.303 e. The van der Waals surface area contributed by atoms with Crippen LogP contribution in [0.4, 0.5) is 0 Å². The molecule has 0 aliphatic heterocycles. The van der Waals surface area contributed by atoms with E-state index in [1.165, 1.54) is 11.1 Å². The molecule has 13 heavy (non-hydrogen) atoms. The average molecular weight is 176 g/mol. The maximum atomic E-state index is 10.7. The van der Waals surface area contributed by atoms with Gasteiger partial charge < -0.3 is 4.79 Å². The van der Waals surface area contributed by atoms with E-state index in [0.29, 0.717) is 0 Å². The van der Waals surface area contributed by atoms with Crippen LogP contribution in [0.2, 0.25) is 0 Å². The summed E-state index contributed by atoms with van der Waals surface area (Å²) in [4.78, 5) is 10.7. The van der Waals surface area contributed by atoms with Crippen molar-refractivity contribution in [1.29, 1.82) is 0 Å². The summed E-state index contributed by atoms with van der Waals surface area (Å²) in [5, 5.41) is 0. The second kappa shape index (κ2) is 4.22. The van der Waals surface area contributed by atoms with E-state index in [2.05, 4.69) is 26.0 Å². The second-order valence-corrected chi connectivity index (χ2v) is 3.49. The summed E-state index contributed by atoms with van der Waals surface area (Å²) < 4.78 is 0. The van der Waals surface area contributed by atoms with Crippen molar-refractivity contribution in [1.82, 2.24) is 0 Å². The molecule has 1 rings (SSSR count). The Morgan fingerprint density at radius 2 is 2.00 bits per heavy atom. The number of rotatable bonds is 3. The van der Waals surface area contributed by atoms with Crippen LogP contribution in [-0.2, 0) is 4.79 Å². The van der Waals surface area contributed by atoms with Crippen LogP contribution in [0.25, 0.3) is 0 Å². The van der Waals surface area contributed by atoms with Crippen molar-refractivity contribution in [2.24, 2.45) is 0 Å². The van der Waals surface area contributed by atoms with Gasteiger partial charge in [-0.3, -0.25) is 0 Å². The molecule has 0 bridgehead atoms. The molecule has 1 unspecified atom stereocenters. The maximum Gasteiger partial charge on any atom is 0.127 e. The van der Waals surface area contributed by atoms with Crippen molar-refractivity contribution in [3.05, 3.63) is 34.9 Å². The van der Waals surface area contributed by atoms with Crippen molar-refractivity contribution in [2.75, 3.05) is 0 Å². The topological polar surface area (TPSA) is 17.1 Å². The largest absolute Gasteiger partial charge is 0.303 e. The summed E-state index contributed by atoms with van der Waals surface area (Å²) in [6.45, 7) is 6.20. The Morgan fingerprint density at radius 3 is 2.46 bits per heavy atom. The number of hydrogen-bond donors (Lipinski definition) is 0. The van der Waals surface area contributed by atoms with Gasteiger partial charge in [-0.05, 0) is 37.0 Å². The molecule has 0 saturated heterocycles. The van der Waals surface area contributed by atoms with Gasteiger partial charge in [0.25, 0.3) is 0 Å². The number of aldehydes is 1. The molecule has 1 aromatic carbocycles. The minimum atomic E-state index is 0.0688. The fourth-order valence-corrected chi connectivity index (χ4v) is 1.41. The molecule has 0 spiro atoms. The Bertz CT molecular complexity index is 302. The van der Waals surface area contributed by atoms with Crippen molar-refractivity contribution >= 4 is 6.29 Å². The van der Waals surface area contributed by atoms with E-state index >= 15 is 0 Å². The first-order valence-corrected chi connectivity index (χ1v) is 4.71. The number of carbonyl (C=O) groups excluding carboxylic acids is 1. The first-order chi connectivity index (χ1) is 6.19. The van der Waals surface area contributed by atoms with Gasteiger partial charge in [0.1, 0.15) is 6.29 Å². The predicted octanol–water partition coefficient (Wildman–Crippen LogP) is 3.00. The zero-order chi connectivity index (χ0) is 9.84. The highest BCUT2D eigenvalue weighted by atomic mass is 16.1. The van der Waals surface area contributed by atoms with Crippen molar-refractivity contribution in [2.45, 2.75) is 33.1 Å². The molecule has 1 nitrogen and oxygen atoms in total. The van der Waals surface area contributed by atoms with Gasteiger partial charge in [0.2, 0.25) is 0 Å². The van der Waals surface area contributed by atoms with Crippen LogP contribution in [-0.4, -0.2) is 6.29 Å². The average Bonchev–Trinajstić information content (AvgIpc) is 2.13. The summed E-state index contributed by atoms with van der Waals surface area (Å²) >= 11 is 0. The van der Waals surface area contributed by atoms with Crippen LogP contribution < -0.4 is 0 Å². The van der Waals surface area contributed by atoms with E-state index in [0.717, 1.165) is 18.3 Å². The molecule has 0 aliphatic rings. The zero-order valence-corrected chi connectivity index (χ0v) is 8.50. The standard InChI is InChI=1S/C12H16O/c1-4-11(8-13)12-6-5-9(2)10(3)7-12/h5-8,11H,4H2,1-3H3. The van der Waals surface area contributed by atoms with Gasteiger partial charge in [0.05, 0.1) is 0 Å². The van der Waals surface area contributed by atoms with Gasteiger partial charge in [-0.15, -0.1) is 0 Å². The number of hydrogen-bond acceptors (Lipinski definition) is 1. The highest BCUT2D eigenvalue weighted by Gasteiger charge is 2.07. The number of carbonyl (C=O) groups is 1. The highest BCUT2D eigenvalue weighted by Crippen LogP contribution is 2.19. The highest BCUT2D eigenvalue weighted by molar-refractivity contribution is 5.62. The molecule has 1 atom stereocenters. The summed E-state index contributed by atoms with van der Waals surface area (Å²) in [6.07, 6.45) is 1.91. The molecule has 0 aromatic heterocycles. The molecule has 1 heteroatoms. The van der Waals surface area contributed by atoms with Crippen LogP contribution in [0.3, 0.4) is 0 Å². The molecule has 0 amide bonds. The van der Waals surface area contributed by atoms with Gasteiger partial charge in [0.15, 0.2) is 0 Å². The third kappa shape index (κ3) is 2.18. The molecule has 0 aliphatic carbocycles. The fraction of sp³-hybridized carbons (Fsp3) is 0.417. The second-order valence-electron chi connectivity index (χ2n) is 3.49. The van der Waals surface area contributed by atoms with Gasteiger partial charge in [-0.1, -0.05) is 25.1 Å². The minimum absolute atomic E-state index is 0.0688. The molecule has 1 aromatic rings. The quantitative estimate of drug-likeness (QED) is 0.647. The van der Waals surface area contributed by atoms with Crippen molar-refractivity contribution in [3.63, 3.8) is 0 Å². The lowest BCUT2D eigenvalue weighted by atomic mass is 9.95. The smallest absolute Gasteiger partial charge is 0.127 e. The monoisotopic (exact) mass is 176 g/mol. The molecule has 0 N–H and O–H groups in total. The van der Waals surface area contributed by atoms with Gasteiger partial charge in [-0.2, -0.15) is 0 Å². The summed E-state index contributed by atoms with van der Waals surface area (Å²) in [6, 6.07) is 6.24. The normalized spacial score (nSPS) is 12.5. The van der Waals surface area contributed by atoms with E-state index in [1.54, 1.807) is 0 Å². The van der Waals surface area contributed by atoms with Crippen LogP contribution >= 0.6 is 0 Å². The number of benzene rings is 1. The lowest BCUT2D eigenvalue weighted by Crippen LogP contribution is -1.99. The van der Waals surface area contributed by atoms with Gasteiger partial charge >= 0.3 is 0 Å².